The molecule has 1 N–H and O–H groups in total. The minimum Gasteiger partial charge on any atom is -0.378 e. The fourth-order valence-corrected chi connectivity index (χ4v) is 2.21. The number of benzene rings is 1. The molecule has 2 nitrogen and oxygen atoms in total. The van der Waals surface area contributed by atoms with E-state index in [9.17, 15) is 8.78 Å². The predicted octanol–water partition coefficient (Wildman–Crippen LogP) is 3.01. The van der Waals surface area contributed by atoms with Gasteiger partial charge in [0.25, 0.3) is 0 Å². The molecule has 0 saturated carbocycles. The van der Waals surface area contributed by atoms with Crippen LogP contribution in [0.5, 0.6) is 0 Å². The van der Waals surface area contributed by atoms with E-state index in [4.69, 9.17) is 4.74 Å². The minimum atomic E-state index is -0.794. The molecule has 1 aliphatic rings. The summed E-state index contributed by atoms with van der Waals surface area (Å²) < 4.78 is 31.2. The Morgan fingerprint density at radius 1 is 1.28 bits per heavy atom. The monoisotopic (exact) mass is 255 g/mol. The highest BCUT2D eigenvalue weighted by Gasteiger charge is 2.14. The molecule has 2 rings (SSSR count). The van der Waals surface area contributed by atoms with Gasteiger partial charge in [-0.25, -0.2) is 8.78 Å². The zero-order valence-corrected chi connectivity index (χ0v) is 10.4. The molecule has 1 atom stereocenters. The molecule has 0 aromatic heterocycles. The van der Waals surface area contributed by atoms with E-state index in [-0.39, 0.29) is 0 Å². The minimum absolute atomic E-state index is 0.426. The van der Waals surface area contributed by atoms with E-state index >= 15 is 0 Å². The molecule has 1 aliphatic heterocycles. The third kappa shape index (κ3) is 4.03. The van der Waals surface area contributed by atoms with Crippen molar-refractivity contribution in [3.63, 3.8) is 0 Å². The first kappa shape index (κ1) is 13.4. The van der Waals surface area contributed by atoms with Crippen LogP contribution in [0, 0.1) is 11.6 Å². The molecule has 1 heterocycles. The lowest BCUT2D eigenvalue weighted by atomic mass is 10.1. The number of rotatable bonds is 6. The van der Waals surface area contributed by atoms with Gasteiger partial charge in [-0.2, -0.15) is 0 Å². The maximum Gasteiger partial charge on any atom is 0.159 e. The van der Waals surface area contributed by atoms with Crippen molar-refractivity contribution in [2.24, 2.45) is 0 Å². The van der Waals surface area contributed by atoms with E-state index in [2.05, 4.69) is 5.32 Å². The Kier molecular flexibility index (Phi) is 5.08. The molecule has 0 bridgehead atoms. The zero-order chi connectivity index (χ0) is 12.8. The Hall–Kier alpha value is -1.00. The first-order chi connectivity index (χ1) is 8.75. The van der Waals surface area contributed by atoms with Crippen LogP contribution >= 0.6 is 0 Å². The normalized spacial score (nSPS) is 19.3. The fourth-order valence-electron chi connectivity index (χ4n) is 2.21. The third-order valence-electron chi connectivity index (χ3n) is 3.22. The number of hydrogen-bond acceptors (Lipinski definition) is 2. The first-order valence-corrected chi connectivity index (χ1v) is 6.52. The smallest absolute Gasteiger partial charge is 0.159 e. The second-order valence-electron chi connectivity index (χ2n) is 4.70. The van der Waals surface area contributed by atoms with Gasteiger partial charge < -0.3 is 10.1 Å². The van der Waals surface area contributed by atoms with E-state index in [1.807, 2.05) is 0 Å². The summed E-state index contributed by atoms with van der Waals surface area (Å²) in [6.07, 6.45) is 4.89. The second-order valence-corrected chi connectivity index (χ2v) is 4.70. The maximum absolute atomic E-state index is 12.9. The van der Waals surface area contributed by atoms with Gasteiger partial charge in [0.15, 0.2) is 11.6 Å². The topological polar surface area (TPSA) is 21.3 Å². The highest BCUT2D eigenvalue weighted by molar-refractivity contribution is 5.17. The van der Waals surface area contributed by atoms with E-state index < -0.39 is 11.6 Å². The molecule has 0 spiro atoms. The van der Waals surface area contributed by atoms with Gasteiger partial charge in [0.1, 0.15) is 0 Å². The van der Waals surface area contributed by atoms with Crippen LogP contribution in [0.25, 0.3) is 0 Å². The van der Waals surface area contributed by atoms with E-state index in [1.54, 1.807) is 6.07 Å². The second kappa shape index (κ2) is 6.81. The van der Waals surface area contributed by atoms with Crippen LogP contribution in [0.4, 0.5) is 8.78 Å². The number of ether oxygens (including phenoxy) is 1. The molecule has 4 heteroatoms. The molecular weight excluding hydrogens is 236 g/mol. The molecule has 0 amide bonds. The summed E-state index contributed by atoms with van der Waals surface area (Å²) >= 11 is 0. The van der Waals surface area contributed by atoms with Gasteiger partial charge in [-0.1, -0.05) is 6.07 Å². The lowest BCUT2D eigenvalue weighted by Gasteiger charge is -2.09. The van der Waals surface area contributed by atoms with Crippen LogP contribution < -0.4 is 5.32 Å². The summed E-state index contributed by atoms with van der Waals surface area (Å²) in [5, 5.41) is 3.23. The average Bonchev–Trinajstić information content (AvgIpc) is 2.86. The van der Waals surface area contributed by atoms with Crippen molar-refractivity contribution in [1.29, 1.82) is 0 Å². The van der Waals surface area contributed by atoms with Crippen molar-refractivity contribution < 1.29 is 13.5 Å². The van der Waals surface area contributed by atoms with Crippen molar-refractivity contribution in [2.75, 3.05) is 13.2 Å². The zero-order valence-electron chi connectivity index (χ0n) is 10.4. The summed E-state index contributed by atoms with van der Waals surface area (Å²) in [7, 11) is 0. The SMILES string of the molecule is Fc1ccc(CNCCCC2CCCO2)cc1F. The number of halogens is 2. The quantitative estimate of drug-likeness (QED) is 0.789. The molecule has 0 radical (unpaired) electrons. The lowest BCUT2D eigenvalue weighted by molar-refractivity contribution is 0.102. The maximum atomic E-state index is 12.9. The third-order valence-corrected chi connectivity index (χ3v) is 3.22. The molecule has 18 heavy (non-hydrogen) atoms. The highest BCUT2D eigenvalue weighted by Crippen LogP contribution is 2.16. The van der Waals surface area contributed by atoms with Crippen LogP contribution in [0.2, 0.25) is 0 Å². The van der Waals surface area contributed by atoms with Crippen LogP contribution in [0.3, 0.4) is 0 Å². The standard InChI is InChI=1S/C14H19F2NO/c15-13-6-5-11(9-14(13)16)10-17-7-1-3-12-4-2-8-18-12/h5-6,9,12,17H,1-4,7-8,10H2. The van der Waals surface area contributed by atoms with Gasteiger partial charge in [0.2, 0.25) is 0 Å². The van der Waals surface area contributed by atoms with Gasteiger partial charge in [0, 0.05) is 13.2 Å². The molecular formula is C14H19F2NO. The summed E-state index contributed by atoms with van der Waals surface area (Å²) in [5.41, 5.74) is 0.769. The fraction of sp³-hybridized carbons (Fsp3) is 0.571. The van der Waals surface area contributed by atoms with Crippen LogP contribution in [-0.4, -0.2) is 19.3 Å². The van der Waals surface area contributed by atoms with Gasteiger partial charge in [-0.05, 0) is 49.9 Å². The Bertz CT molecular complexity index is 378. The molecule has 1 aromatic rings. The summed E-state index contributed by atoms with van der Waals surface area (Å²) in [5.74, 6) is -1.58. The Labute approximate surface area is 106 Å². The van der Waals surface area contributed by atoms with Crippen LogP contribution in [-0.2, 0) is 11.3 Å². The van der Waals surface area contributed by atoms with Gasteiger partial charge >= 0.3 is 0 Å². The van der Waals surface area contributed by atoms with Gasteiger partial charge in [-0.3, -0.25) is 0 Å². The molecule has 1 fully saturated rings. The Balaban J connectivity index is 1.61. The van der Waals surface area contributed by atoms with Crippen molar-refractivity contribution in [3.8, 4) is 0 Å². The molecule has 0 aliphatic carbocycles. The molecule has 1 unspecified atom stereocenters. The van der Waals surface area contributed by atoms with E-state index in [1.165, 1.54) is 25.0 Å². The molecule has 1 aromatic carbocycles. The Morgan fingerprint density at radius 3 is 2.89 bits per heavy atom. The average molecular weight is 255 g/mol. The van der Waals surface area contributed by atoms with Crippen molar-refractivity contribution >= 4 is 0 Å². The first-order valence-electron chi connectivity index (χ1n) is 6.52. The van der Waals surface area contributed by atoms with E-state index in [0.29, 0.717) is 12.6 Å². The summed E-state index contributed by atoms with van der Waals surface area (Å²) in [4.78, 5) is 0. The van der Waals surface area contributed by atoms with Crippen molar-refractivity contribution in [1.82, 2.24) is 5.32 Å². The number of nitrogens with one attached hydrogen (secondary N) is 1. The van der Waals surface area contributed by atoms with Crippen molar-refractivity contribution in [2.45, 2.75) is 38.3 Å². The van der Waals surface area contributed by atoms with E-state index in [0.717, 1.165) is 31.6 Å². The van der Waals surface area contributed by atoms with Crippen LogP contribution in [0.15, 0.2) is 18.2 Å². The van der Waals surface area contributed by atoms with Crippen LogP contribution in [0.1, 0.15) is 31.2 Å². The highest BCUT2D eigenvalue weighted by atomic mass is 19.2. The Morgan fingerprint density at radius 2 is 2.17 bits per heavy atom. The van der Waals surface area contributed by atoms with Gasteiger partial charge in [-0.15, -0.1) is 0 Å². The summed E-state index contributed by atoms with van der Waals surface area (Å²) in [6, 6.07) is 4.01. The predicted molar refractivity (Wildman–Crippen MR) is 66.3 cm³/mol. The summed E-state index contributed by atoms with van der Waals surface area (Å²) in [6.45, 7) is 2.34. The largest absolute Gasteiger partial charge is 0.378 e. The molecule has 100 valence electrons. The number of hydrogen-bond donors (Lipinski definition) is 1. The van der Waals surface area contributed by atoms with Crippen molar-refractivity contribution in [3.05, 3.63) is 35.4 Å². The molecule has 1 saturated heterocycles. The van der Waals surface area contributed by atoms with Gasteiger partial charge in [0.05, 0.1) is 6.10 Å². The lowest BCUT2D eigenvalue weighted by Crippen LogP contribution is -2.17.